The molecule has 0 aliphatic heterocycles. The van der Waals surface area contributed by atoms with Crippen molar-refractivity contribution in [3.63, 3.8) is 0 Å². The second-order valence-electron chi connectivity index (χ2n) is 5.50. The number of hydrogen-bond donors (Lipinski definition) is 2. The molecule has 7 nitrogen and oxygen atoms in total. The summed E-state index contributed by atoms with van der Waals surface area (Å²) in [7, 11) is 0. The Kier molecular flexibility index (Phi) is 5.73. The van der Waals surface area contributed by atoms with Crippen LogP contribution in [0.15, 0.2) is 59.1 Å². The van der Waals surface area contributed by atoms with E-state index in [9.17, 15) is 14.6 Å². The first-order valence-electron chi connectivity index (χ1n) is 7.47. The van der Waals surface area contributed by atoms with E-state index in [1.54, 1.807) is 36.4 Å². The Morgan fingerprint density at radius 1 is 0.833 bits per heavy atom. The van der Waals surface area contributed by atoms with Gasteiger partial charge in [0.2, 0.25) is 0 Å². The van der Waals surface area contributed by atoms with Crippen LogP contribution < -0.4 is 10.9 Å². The molecule has 0 saturated heterocycles. The Bertz CT molecular complexity index is 687. The highest BCUT2D eigenvalue weighted by molar-refractivity contribution is 5.91. The van der Waals surface area contributed by atoms with E-state index in [1.807, 2.05) is 26.0 Å². The Balaban J connectivity index is 2.20. The van der Waals surface area contributed by atoms with E-state index in [2.05, 4.69) is 21.4 Å². The molecular formula is C17H18N4O3. The number of nitroso groups, excluding NO2 is 2. The highest BCUT2D eigenvalue weighted by Crippen LogP contribution is 2.28. The van der Waals surface area contributed by atoms with Gasteiger partial charge in [0.25, 0.3) is 0 Å². The van der Waals surface area contributed by atoms with Crippen LogP contribution in [0.2, 0.25) is 0 Å². The maximum Gasteiger partial charge on any atom is 0.147 e. The smallest absolute Gasteiger partial charge is 0.147 e. The molecule has 7 heteroatoms. The average Bonchev–Trinajstić information content (AvgIpc) is 2.61. The summed E-state index contributed by atoms with van der Waals surface area (Å²) in [5.41, 5.74) is 7.34. The van der Waals surface area contributed by atoms with Crippen LogP contribution >= 0.6 is 0 Å². The van der Waals surface area contributed by atoms with Crippen molar-refractivity contribution in [1.82, 2.24) is 0 Å². The molecule has 2 unspecified atom stereocenters. The van der Waals surface area contributed by atoms with Crippen LogP contribution in [0.4, 0.5) is 11.4 Å². The van der Waals surface area contributed by atoms with Gasteiger partial charge in [0, 0.05) is 11.8 Å². The van der Waals surface area contributed by atoms with Crippen molar-refractivity contribution < 1.29 is 4.79 Å². The molecule has 2 rings (SSSR count). The monoisotopic (exact) mass is 326 g/mol. The van der Waals surface area contributed by atoms with Crippen molar-refractivity contribution in [2.45, 2.75) is 25.7 Å². The van der Waals surface area contributed by atoms with Crippen molar-refractivity contribution in [2.75, 3.05) is 10.9 Å². The minimum Gasteiger partial charge on any atom is -0.298 e. The van der Waals surface area contributed by atoms with Gasteiger partial charge in [-0.3, -0.25) is 4.79 Å². The van der Waals surface area contributed by atoms with Crippen molar-refractivity contribution in [1.29, 1.82) is 0 Å². The number of anilines is 2. The fourth-order valence-corrected chi connectivity index (χ4v) is 2.56. The minimum absolute atomic E-state index is 0.0300. The van der Waals surface area contributed by atoms with E-state index in [1.165, 1.54) is 0 Å². The molecule has 2 atom stereocenters. The molecule has 0 aromatic heterocycles. The first kappa shape index (κ1) is 17.3. The van der Waals surface area contributed by atoms with Crippen LogP contribution in [-0.4, -0.2) is 5.78 Å². The minimum atomic E-state index is -0.353. The quantitative estimate of drug-likeness (QED) is 0.555. The maximum atomic E-state index is 12.8. The third-order valence-electron chi connectivity index (χ3n) is 3.98. The molecule has 0 saturated carbocycles. The number of nitrogens with one attached hydrogen (secondary N) is 2. The molecule has 0 aliphatic carbocycles. The number of carbonyl (C=O) groups excluding carboxylic acids is 1. The molecule has 0 amide bonds. The van der Waals surface area contributed by atoms with Crippen molar-refractivity contribution in [2.24, 2.45) is 10.6 Å². The number of hydrogen-bond acceptors (Lipinski definition) is 5. The summed E-state index contributed by atoms with van der Waals surface area (Å²) in [5.74, 6) is -0.675. The summed E-state index contributed by atoms with van der Waals surface area (Å²) in [6.45, 7) is 3.64. The van der Waals surface area contributed by atoms with E-state index in [4.69, 9.17) is 0 Å². The molecule has 124 valence electrons. The number of carbonyl (C=O) groups is 1. The first-order valence-corrected chi connectivity index (χ1v) is 7.47. The zero-order valence-corrected chi connectivity index (χ0v) is 13.4. The van der Waals surface area contributed by atoms with E-state index < -0.39 is 0 Å². The van der Waals surface area contributed by atoms with Gasteiger partial charge in [-0.25, -0.2) is 10.9 Å². The van der Waals surface area contributed by atoms with Crippen molar-refractivity contribution >= 4 is 17.2 Å². The summed E-state index contributed by atoms with van der Waals surface area (Å²) in [4.78, 5) is 33.4. The molecule has 0 radical (unpaired) electrons. The predicted molar refractivity (Wildman–Crippen MR) is 93.6 cm³/mol. The fourth-order valence-electron chi connectivity index (χ4n) is 2.56. The van der Waals surface area contributed by atoms with Crippen LogP contribution in [0.1, 0.15) is 36.8 Å². The third-order valence-corrected chi connectivity index (χ3v) is 3.98. The molecule has 24 heavy (non-hydrogen) atoms. The second-order valence-corrected chi connectivity index (χ2v) is 5.50. The molecule has 0 spiro atoms. The van der Waals surface area contributed by atoms with E-state index >= 15 is 0 Å². The van der Waals surface area contributed by atoms with Gasteiger partial charge in [-0.05, 0) is 35.4 Å². The Morgan fingerprint density at radius 2 is 1.25 bits per heavy atom. The fraction of sp³-hybridized carbons (Fsp3) is 0.235. The molecule has 0 aliphatic rings. The van der Waals surface area contributed by atoms with Crippen LogP contribution in [0, 0.1) is 9.81 Å². The molecule has 0 bridgehead atoms. The van der Waals surface area contributed by atoms with Gasteiger partial charge in [-0.2, -0.15) is 0 Å². The largest absolute Gasteiger partial charge is 0.298 e. The Labute approximate surface area is 139 Å². The first-order chi connectivity index (χ1) is 11.6. The summed E-state index contributed by atoms with van der Waals surface area (Å²) in [6.07, 6.45) is 0. The lowest BCUT2D eigenvalue weighted by Crippen LogP contribution is -2.16. The second kappa shape index (κ2) is 7.96. The molecule has 0 heterocycles. The number of rotatable bonds is 8. The summed E-state index contributed by atoms with van der Waals surface area (Å²) in [6, 6.07) is 14.0. The number of benzene rings is 2. The summed E-state index contributed by atoms with van der Waals surface area (Å²) >= 11 is 0. The van der Waals surface area contributed by atoms with E-state index in [-0.39, 0.29) is 17.6 Å². The van der Waals surface area contributed by atoms with Crippen molar-refractivity contribution in [3.8, 4) is 0 Å². The summed E-state index contributed by atoms with van der Waals surface area (Å²) < 4.78 is 0. The lowest BCUT2D eigenvalue weighted by atomic mass is 9.85. The summed E-state index contributed by atoms with van der Waals surface area (Å²) in [5, 5.41) is 5.27. The van der Waals surface area contributed by atoms with Gasteiger partial charge in [0.1, 0.15) is 5.78 Å². The van der Waals surface area contributed by atoms with Crippen molar-refractivity contribution in [3.05, 3.63) is 69.5 Å². The van der Waals surface area contributed by atoms with Gasteiger partial charge in [-0.15, -0.1) is 9.81 Å². The average molecular weight is 326 g/mol. The molecule has 2 N–H and O–H groups in total. The normalized spacial score (nSPS) is 12.8. The third kappa shape index (κ3) is 4.01. The van der Waals surface area contributed by atoms with Crippen LogP contribution in [0.5, 0.6) is 0 Å². The topological polar surface area (TPSA) is 100.0 Å². The molecule has 0 fully saturated rings. The van der Waals surface area contributed by atoms with Crippen LogP contribution in [0.25, 0.3) is 0 Å². The maximum absolute atomic E-state index is 12.8. The molecule has 2 aromatic rings. The predicted octanol–water partition coefficient (Wildman–Crippen LogP) is 4.35. The SMILES string of the molecule is CC(C(=O)C(C)c1cccc(NN=O)c1)c1cccc(NN=O)c1. The molecular weight excluding hydrogens is 308 g/mol. The zero-order valence-electron chi connectivity index (χ0n) is 13.4. The molecule has 2 aromatic carbocycles. The number of ketones is 1. The van der Waals surface area contributed by atoms with Gasteiger partial charge in [0.15, 0.2) is 0 Å². The standard InChI is InChI=1S/C17H18N4O3/c1-11(13-5-3-7-15(9-13)18-20-23)17(22)12(2)14-6-4-8-16(10-14)19-21-24/h3-12H,1-2H3,(H,18,23)(H,19,24). The Morgan fingerprint density at radius 3 is 1.62 bits per heavy atom. The van der Waals surface area contributed by atoms with E-state index in [0.29, 0.717) is 11.4 Å². The van der Waals surface area contributed by atoms with Crippen LogP contribution in [0.3, 0.4) is 0 Å². The van der Waals surface area contributed by atoms with Gasteiger partial charge < -0.3 is 0 Å². The van der Waals surface area contributed by atoms with E-state index in [0.717, 1.165) is 11.1 Å². The highest BCUT2D eigenvalue weighted by Gasteiger charge is 2.23. The van der Waals surface area contributed by atoms with Gasteiger partial charge in [0.05, 0.1) is 21.9 Å². The zero-order chi connectivity index (χ0) is 17.5. The van der Waals surface area contributed by atoms with Crippen LogP contribution in [-0.2, 0) is 4.79 Å². The lowest BCUT2D eigenvalue weighted by Gasteiger charge is -2.18. The van der Waals surface area contributed by atoms with Gasteiger partial charge in [-0.1, -0.05) is 38.1 Å². The highest BCUT2D eigenvalue weighted by atomic mass is 16.3. The number of nitrogens with zero attached hydrogens (tertiary/aromatic N) is 2. The Hall–Kier alpha value is -3.09. The van der Waals surface area contributed by atoms with Gasteiger partial charge >= 0.3 is 0 Å². The lowest BCUT2D eigenvalue weighted by molar-refractivity contribution is -0.121. The number of Topliss-reactive ketones (excluding diaryl/α,β-unsaturated/α-hetero) is 1.